The molecule has 0 saturated carbocycles. The maximum Gasteiger partial charge on any atom is 0.154 e. The van der Waals surface area contributed by atoms with Gasteiger partial charge in [-0.25, -0.2) is 4.98 Å². The van der Waals surface area contributed by atoms with Crippen LogP contribution in [-0.2, 0) is 6.54 Å². The van der Waals surface area contributed by atoms with Crippen LogP contribution in [0.25, 0.3) is 0 Å². The highest BCUT2D eigenvalue weighted by atomic mass is 16.4. The summed E-state index contributed by atoms with van der Waals surface area (Å²) in [5, 5.41) is 11.5. The van der Waals surface area contributed by atoms with Gasteiger partial charge in [0.1, 0.15) is 6.21 Å². The summed E-state index contributed by atoms with van der Waals surface area (Å²) in [6.45, 7) is 3.19. The van der Waals surface area contributed by atoms with E-state index in [-0.39, 0.29) is 0 Å². The van der Waals surface area contributed by atoms with Crippen molar-refractivity contribution in [3.8, 4) is 0 Å². The third-order valence-corrected chi connectivity index (χ3v) is 2.92. The van der Waals surface area contributed by atoms with Crippen LogP contribution in [0.1, 0.15) is 57.7 Å². The van der Waals surface area contributed by atoms with E-state index in [1.165, 1.54) is 44.7 Å². The second kappa shape index (κ2) is 8.79. The Hall–Kier alpha value is -1.32. The van der Waals surface area contributed by atoms with Crippen molar-refractivity contribution in [2.24, 2.45) is 5.16 Å². The molecule has 0 bridgehead atoms. The van der Waals surface area contributed by atoms with Crippen LogP contribution in [0.15, 0.2) is 17.5 Å². The molecule has 1 aromatic rings. The molecule has 17 heavy (non-hydrogen) atoms. The molecule has 1 aromatic heterocycles. The Labute approximate surface area is 103 Å². The Morgan fingerprint density at radius 2 is 1.94 bits per heavy atom. The van der Waals surface area contributed by atoms with Crippen LogP contribution in [0.5, 0.6) is 0 Å². The minimum absolute atomic E-state index is 0.721. The molecule has 0 radical (unpaired) electrons. The number of rotatable bonds is 9. The standard InChI is InChI=1S/C13H23N3O/c1-2-3-4-5-6-7-8-10-16-11-9-14-13(16)12-15-17/h9,11-12,17H,2-8,10H2,1H3/b15-12+. The lowest BCUT2D eigenvalue weighted by atomic mass is 10.1. The van der Waals surface area contributed by atoms with Crippen molar-refractivity contribution in [2.75, 3.05) is 0 Å². The summed E-state index contributed by atoms with van der Waals surface area (Å²) in [5.74, 6) is 0.721. The molecule has 96 valence electrons. The van der Waals surface area contributed by atoms with Crippen LogP contribution in [0, 0.1) is 0 Å². The van der Waals surface area contributed by atoms with Crippen molar-refractivity contribution in [3.63, 3.8) is 0 Å². The number of hydrogen-bond donors (Lipinski definition) is 1. The maximum absolute atomic E-state index is 8.47. The van der Waals surface area contributed by atoms with Crippen LogP contribution in [0.2, 0.25) is 0 Å². The molecule has 0 spiro atoms. The second-order valence-corrected chi connectivity index (χ2v) is 4.34. The van der Waals surface area contributed by atoms with Gasteiger partial charge in [-0.2, -0.15) is 0 Å². The highest BCUT2D eigenvalue weighted by Gasteiger charge is 1.99. The van der Waals surface area contributed by atoms with E-state index in [1.54, 1.807) is 6.20 Å². The van der Waals surface area contributed by atoms with E-state index in [1.807, 2.05) is 10.8 Å². The molecule has 0 unspecified atom stereocenters. The van der Waals surface area contributed by atoms with Gasteiger partial charge in [0, 0.05) is 18.9 Å². The molecule has 1 rings (SSSR count). The fourth-order valence-electron chi connectivity index (χ4n) is 1.93. The van der Waals surface area contributed by atoms with Crippen molar-refractivity contribution in [3.05, 3.63) is 18.2 Å². The Kier molecular flexibility index (Phi) is 7.11. The van der Waals surface area contributed by atoms with Crippen LogP contribution in [-0.4, -0.2) is 21.0 Å². The number of nitrogens with zero attached hydrogens (tertiary/aromatic N) is 3. The minimum Gasteiger partial charge on any atom is -0.411 e. The predicted molar refractivity (Wildman–Crippen MR) is 69.6 cm³/mol. The van der Waals surface area contributed by atoms with Crippen LogP contribution >= 0.6 is 0 Å². The Balaban J connectivity index is 2.11. The van der Waals surface area contributed by atoms with Crippen LogP contribution in [0.4, 0.5) is 0 Å². The second-order valence-electron chi connectivity index (χ2n) is 4.34. The summed E-state index contributed by atoms with van der Waals surface area (Å²) < 4.78 is 2.02. The fourth-order valence-corrected chi connectivity index (χ4v) is 1.93. The monoisotopic (exact) mass is 237 g/mol. The smallest absolute Gasteiger partial charge is 0.154 e. The van der Waals surface area contributed by atoms with Gasteiger partial charge < -0.3 is 9.77 Å². The molecule has 0 amide bonds. The van der Waals surface area contributed by atoms with E-state index >= 15 is 0 Å². The SMILES string of the molecule is CCCCCCCCCn1ccnc1/C=N/O. The summed E-state index contributed by atoms with van der Waals surface area (Å²) in [6.07, 6.45) is 14.2. The van der Waals surface area contributed by atoms with Gasteiger partial charge in [0.05, 0.1) is 0 Å². The third-order valence-electron chi connectivity index (χ3n) is 2.92. The average Bonchev–Trinajstić information content (AvgIpc) is 2.76. The first kappa shape index (κ1) is 13.7. The molecule has 4 nitrogen and oxygen atoms in total. The number of aryl methyl sites for hydroxylation is 1. The largest absolute Gasteiger partial charge is 0.411 e. The fraction of sp³-hybridized carbons (Fsp3) is 0.692. The van der Waals surface area contributed by atoms with Crippen molar-refractivity contribution in [1.82, 2.24) is 9.55 Å². The van der Waals surface area contributed by atoms with E-state index in [0.29, 0.717) is 0 Å². The number of hydrogen-bond acceptors (Lipinski definition) is 3. The summed E-state index contributed by atoms with van der Waals surface area (Å²) >= 11 is 0. The summed E-state index contributed by atoms with van der Waals surface area (Å²) in [4.78, 5) is 4.10. The molecular formula is C13H23N3O. The average molecular weight is 237 g/mol. The van der Waals surface area contributed by atoms with Gasteiger partial charge >= 0.3 is 0 Å². The molecule has 1 N–H and O–H groups in total. The molecule has 0 aliphatic carbocycles. The number of unbranched alkanes of at least 4 members (excludes halogenated alkanes) is 6. The highest BCUT2D eigenvalue weighted by molar-refractivity contribution is 5.74. The maximum atomic E-state index is 8.47. The Bertz CT molecular complexity index is 320. The lowest BCUT2D eigenvalue weighted by Gasteiger charge is -2.04. The molecule has 0 aromatic carbocycles. The first-order chi connectivity index (χ1) is 8.38. The summed E-state index contributed by atoms with van der Waals surface area (Å²) in [7, 11) is 0. The summed E-state index contributed by atoms with van der Waals surface area (Å²) in [5.41, 5.74) is 0. The first-order valence-corrected chi connectivity index (χ1v) is 6.57. The van der Waals surface area contributed by atoms with E-state index in [9.17, 15) is 0 Å². The van der Waals surface area contributed by atoms with Crippen molar-refractivity contribution >= 4 is 6.21 Å². The van der Waals surface area contributed by atoms with Crippen LogP contribution in [0.3, 0.4) is 0 Å². The van der Waals surface area contributed by atoms with Gasteiger partial charge in [-0.1, -0.05) is 50.6 Å². The molecule has 0 fully saturated rings. The molecule has 0 saturated heterocycles. The Morgan fingerprint density at radius 3 is 2.65 bits per heavy atom. The molecule has 1 heterocycles. The lowest BCUT2D eigenvalue weighted by molar-refractivity contribution is 0.321. The summed E-state index contributed by atoms with van der Waals surface area (Å²) in [6, 6.07) is 0. The zero-order valence-electron chi connectivity index (χ0n) is 10.7. The Morgan fingerprint density at radius 1 is 1.24 bits per heavy atom. The highest BCUT2D eigenvalue weighted by Crippen LogP contribution is 2.08. The van der Waals surface area contributed by atoms with E-state index in [2.05, 4.69) is 17.1 Å². The molecule has 0 aliphatic rings. The quantitative estimate of drug-likeness (QED) is 0.309. The van der Waals surface area contributed by atoms with Crippen molar-refractivity contribution in [1.29, 1.82) is 0 Å². The van der Waals surface area contributed by atoms with Crippen molar-refractivity contribution in [2.45, 2.75) is 58.4 Å². The molecule has 0 atom stereocenters. The van der Waals surface area contributed by atoms with Crippen molar-refractivity contribution < 1.29 is 5.21 Å². The number of aromatic nitrogens is 2. The van der Waals surface area contributed by atoms with E-state index < -0.39 is 0 Å². The predicted octanol–water partition coefficient (Wildman–Crippen LogP) is 3.44. The molecule has 0 aliphatic heterocycles. The van der Waals surface area contributed by atoms with Gasteiger partial charge in [0.15, 0.2) is 5.82 Å². The van der Waals surface area contributed by atoms with Gasteiger partial charge in [-0.05, 0) is 6.42 Å². The third kappa shape index (κ3) is 5.52. The molecule has 4 heteroatoms. The topological polar surface area (TPSA) is 50.4 Å². The van der Waals surface area contributed by atoms with Gasteiger partial charge in [-0.3, -0.25) is 0 Å². The lowest BCUT2D eigenvalue weighted by Crippen LogP contribution is -2.02. The van der Waals surface area contributed by atoms with E-state index in [4.69, 9.17) is 5.21 Å². The molecular weight excluding hydrogens is 214 g/mol. The minimum atomic E-state index is 0.721. The first-order valence-electron chi connectivity index (χ1n) is 6.57. The zero-order chi connectivity index (χ0) is 12.3. The van der Waals surface area contributed by atoms with E-state index in [0.717, 1.165) is 18.8 Å². The number of imidazole rings is 1. The van der Waals surface area contributed by atoms with Gasteiger partial charge in [0.25, 0.3) is 0 Å². The number of oxime groups is 1. The normalized spacial score (nSPS) is 11.4. The van der Waals surface area contributed by atoms with Gasteiger partial charge in [-0.15, -0.1) is 0 Å². The zero-order valence-corrected chi connectivity index (χ0v) is 10.7. The van der Waals surface area contributed by atoms with Gasteiger partial charge in [0.2, 0.25) is 0 Å². The van der Waals surface area contributed by atoms with Crippen LogP contribution < -0.4 is 0 Å².